The molecule has 0 bridgehead atoms. The minimum Gasteiger partial charge on any atom is -0.324 e. The number of rotatable bonds is 4. The van der Waals surface area contributed by atoms with Crippen LogP contribution in [0, 0.1) is 0 Å². The van der Waals surface area contributed by atoms with Crippen molar-refractivity contribution in [3.05, 3.63) is 51.8 Å². The van der Waals surface area contributed by atoms with Gasteiger partial charge in [-0.3, -0.25) is 4.68 Å². The number of nitrogens with zero attached hydrogens (tertiary/aromatic N) is 2. The standard InChI is InChI=1S/C13H15Cl2N3/c1-2-13(16)10-6-17-18(8-10)7-9-5-11(14)3-4-12(9)15/h3-6,8,13H,2,7,16H2,1H3. The van der Waals surface area contributed by atoms with E-state index in [-0.39, 0.29) is 6.04 Å². The molecule has 0 aliphatic rings. The molecule has 0 aliphatic heterocycles. The zero-order valence-corrected chi connectivity index (χ0v) is 11.6. The molecule has 0 saturated carbocycles. The third-order valence-corrected chi connectivity index (χ3v) is 3.47. The van der Waals surface area contributed by atoms with Gasteiger partial charge in [0.05, 0.1) is 12.7 Å². The smallest absolute Gasteiger partial charge is 0.0674 e. The largest absolute Gasteiger partial charge is 0.324 e. The highest BCUT2D eigenvalue weighted by Crippen LogP contribution is 2.22. The van der Waals surface area contributed by atoms with Gasteiger partial charge in [-0.2, -0.15) is 5.10 Å². The summed E-state index contributed by atoms with van der Waals surface area (Å²) in [6.45, 7) is 2.64. The molecule has 3 nitrogen and oxygen atoms in total. The summed E-state index contributed by atoms with van der Waals surface area (Å²) in [5.41, 5.74) is 7.94. The maximum atomic E-state index is 6.12. The number of benzene rings is 1. The first kappa shape index (κ1) is 13.4. The van der Waals surface area contributed by atoms with E-state index in [0.717, 1.165) is 17.5 Å². The molecule has 0 radical (unpaired) electrons. The number of halogens is 2. The second-order valence-corrected chi connectivity index (χ2v) is 5.07. The second-order valence-electron chi connectivity index (χ2n) is 4.22. The SMILES string of the molecule is CCC(N)c1cnn(Cc2cc(Cl)ccc2Cl)c1. The van der Waals surface area contributed by atoms with Gasteiger partial charge >= 0.3 is 0 Å². The van der Waals surface area contributed by atoms with Gasteiger partial charge in [0.15, 0.2) is 0 Å². The Balaban J connectivity index is 2.18. The van der Waals surface area contributed by atoms with Crippen molar-refractivity contribution in [2.75, 3.05) is 0 Å². The molecule has 0 saturated heterocycles. The van der Waals surface area contributed by atoms with Gasteiger partial charge in [0, 0.05) is 27.8 Å². The van der Waals surface area contributed by atoms with Crippen LogP contribution in [0.5, 0.6) is 0 Å². The lowest BCUT2D eigenvalue weighted by atomic mass is 10.1. The summed E-state index contributed by atoms with van der Waals surface area (Å²) in [5.74, 6) is 0. The van der Waals surface area contributed by atoms with Gasteiger partial charge in [-0.1, -0.05) is 30.1 Å². The van der Waals surface area contributed by atoms with Gasteiger partial charge < -0.3 is 5.73 Å². The molecule has 1 unspecified atom stereocenters. The minimum absolute atomic E-state index is 0.0357. The van der Waals surface area contributed by atoms with E-state index < -0.39 is 0 Å². The lowest BCUT2D eigenvalue weighted by Crippen LogP contribution is -2.07. The molecular weight excluding hydrogens is 269 g/mol. The predicted octanol–water partition coefficient (Wildman–Crippen LogP) is 3.65. The number of hydrogen-bond acceptors (Lipinski definition) is 2. The quantitative estimate of drug-likeness (QED) is 0.931. The zero-order chi connectivity index (χ0) is 13.1. The molecule has 1 aromatic carbocycles. The molecule has 1 aromatic heterocycles. The second kappa shape index (κ2) is 5.74. The van der Waals surface area contributed by atoms with E-state index >= 15 is 0 Å². The van der Waals surface area contributed by atoms with Crippen molar-refractivity contribution in [1.29, 1.82) is 0 Å². The van der Waals surface area contributed by atoms with Crippen LogP contribution in [0.15, 0.2) is 30.6 Å². The highest BCUT2D eigenvalue weighted by Gasteiger charge is 2.08. The molecule has 5 heteroatoms. The molecule has 0 fully saturated rings. The van der Waals surface area contributed by atoms with Crippen LogP contribution in [0.1, 0.15) is 30.5 Å². The summed E-state index contributed by atoms with van der Waals surface area (Å²) >= 11 is 12.1. The first-order valence-corrected chi connectivity index (χ1v) is 6.57. The molecule has 18 heavy (non-hydrogen) atoms. The molecule has 0 spiro atoms. The highest BCUT2D eigenvalue weighted by atomic mass is 35.5. The molecule has 0 amide bonds. The maximum absolute atomic E-state index is 6.12. The average Bonchev–Trinajstić information content (AvgIpc) is 2.81. The Kier molecular flexibility index (Phi) is 4.27. The lowest BCUT2D eigenvalue weighted by Gasteiger charge is -2.06. The highest BCUT2D eigenvalue weighted by molar-refractivity contribution is 6.33. The summed E-state index contributed by atoms with van der Waals surface area (Å²) in [5, 5.41) is 5.65. The fourth-order valence-corrected chi connectivity index (χ4v) is 2.10. The Bertz CT molecular complexity index is 537. The van der Waals surface area contributed by atoms with Crippen molar-refractivity contribution >= 4 is 23.2 Å². The Labute approximate surface area is 117 Å². The van der Waals surface area contributed by atoms with E-state index in [0.29, 0.717) is 16.6 Å². The van der Waals surface area contributed by atoms with Gasteiger partial charge in [-0.25, -0.2) is 0 Å². The Morgan fingerprint density at radius 3 is 2.89 bits per heavy atom. The van der Waals surface area contributed by atoms with Crippen LogP contribution in [0.25, 0.3) is 0 Å². The van der Waals surface area contributed by atoms with Crippen molar-refractivity contribution in [2.45, 2.75) is 25.9 Å². The van der Waals surface area contributed by atoms with Crippen LogP contribution in [-0.2, 0) is 6.54 Å². The van der Waals surface area contributed by atoms with Gasteiger partial charge in [0.1, 0.15) is 0 Å². The van der Waals surface area contributed by atoms with Crippen LogP contribution < -0.4 is 5.73 Å². The molecule has 2 rings (SSSR count). The first-order chi connectivity index (χ1) is 8.60. The van der Waals surface area contributed by atoms with Crippen LogP contribution in [0.4, 0.5) is 0 Å². The van der Waals surface area contributed by atoms with Crippen LogP contribution in [0.2, 0.25) is 10.0 Å². The summed E-state index contributed by atoms with van der Waals surface area (Å²) in [6, 6.07) is 5.45. The van der Waals surface area contributed by atoms with E-state index in [2.05, 4.69) is 12.0 Å². The third kappa shape index (κ3) is 3.05. The Hall–Kier alpha value is -1.03. The minimum atomic E-state index is 0.0357. The van der Waals surface area contributed by atoms with Gasteiger partial charge in [-0.15, -0.1) is 0 Å². The van der Waals surface area contributed by atoms with Crippen molar-refractivity contribution in [2.24, 2.45) is 5.73 Å². The van der Waals surface area contributed by atoms with E-state index in [9.17, 15) is 0 Å². The normalized spacial score (nSPS) is 12.7. The zero-order valence-electron chi connectivity index (χ0n) is 10.1. The lowest BCUT2D eigenvalue weighted by molar-refractivity contribution is 0.675. The van der Waals surface area contributed by atoms with Gasteiger partial charge in [-0.05, 0) is 30.2 Å². The molecule has 2 aromatic rings. The third-order valence-electron chi connectivity index (χ3n) is 2.86. The van der Waals surface area contributed by atoms with Crippen LogP contribution in [0.3, 0.4) is 0 Å². The fourth-order valence-electron chi connectivity index (χ4n) is 1.73. The van der Waals surface area contributed by atoms with Gasteiger partial charge in [0.25, 0.3) is 0 Å². The first-order valence-electron chi connectivity index (χ1n) is 5.82. The molecule has 96 valence electrons. The van der Waals surface area contributed by atoms with Gasteiger partial charge in [0.2, 0.25) is 0 Å². The van der Waals surface area contributed by atoms with Crippen molar-refractivity contribution < 1.29 is 0 Å². The predicted molar refractivity (Wildman–Crippen MR) is 75.0 cm³/mol. The average molecular weight is 284 g/mol. The van der Waals surface area contributed by atoms with E-state index in [1.54, 1.807) is 18.3 Å². The van der Waals surface area contributed by atoms with Crippen molar-refractivity contribution in [3.63, 3.8) is 0 Å². The number of nitrogens with two attached hydrogens (primary N) is 1. The maximum Gasteiger partial charge on any atom is 0.0674 e. The molecule has 1 heterocycles. The summed E-state index contributed by atoms with van der Waals surface area (Å²) in [7, 11) is 0. The number of hydrogen-bond donors (Lipinski definition) is 1. The topological polar surface area (TPSA) is 43.8 Å². The van der Waals surface area contributed by atoms with Crippen molar-refractivity contribution in [3.8, 4) is 0 Å². The van der Waals surface area contributed by atoms with Crippen LogP contribution >= 0.6 is 23.2 Å². The number of aromatic nitrogens is 2. The van der Waals surface area contributed by atoms with E-state index in [4.69, 9.17) is 28.9 Å². The molecule has 2 N–H and O–H groups in total. The Morgan fingerprint density at radius 2 is 2.17 bits per heavy atom. The summed E-state index contributed by atoms with van der Waals surface area (Å²) in [6.07, 6.45) is 4.64. The molecular formula is C13H15Cl2N3. The summed E-state index contributed by atoms with van der Waals surface area (Å²) in [4.78, 5) is 0. The Morgan fingerprint density at radius 1 is 1.39 bits per heavy atom. The summed E-state index contributed by atoms with van der Waals surface area (Å²) < 4.78 is 1.82. The van der Waals surface area contributed by atoms with E-state index in [1.807, 2.05) is 16.9 Å². The fraction of sp³-hybridized carbons (Fsp3) is 0.308. The van der Waals surface area contributed by atoms with Crippen molar-refractivity contribution in [1.82, 2.24) is 9.78 Å². The van der Waals surface area contributed by atoms with Crippen LogP contribution in [-0.4, -0.2) is 9.78 Å². The monoisotopic (exact) mass is 283 g/mol. The van der Waals surface area contributed by atoms with E-state index in [1.165, 1.54) is 0 Å². The molecule has 0 aliphatic carbocycles. The molecule has 1 atom stereocenters.